The Balaban J connectivity index is 2.56. The molecule has 17 heavy (non-hydrogen) atoms. The summed E-state index contributed by atoms with van der Waals surface area (Å²) >= 11 is 0. The van der Waals surface area contributed by atoms with Crippen molar-refractivity contribution in [2.24, 2.45) is 0 Å². The summed E-state index contributed by atoms with van der Waals surface area (Å²) in [7, 11) is -2.65. The van der Waals surface area contributed by atoms with Crippen LogP contribution in [0.25, 0.3) is 11.1 Å². The lowest BCUT2D eigenvalue weighted by Crippen LogP contribution is -1.83. The van der Waals surface area contributed by atoms with Crippen molar-refractivity contribution in [3.8, 4) is 22.6 Å². The monoisotopic (exact) mass is 250 g/mol. The molecule has 2 N–H and O–H groups in total. The van der Waals surface area contributed by atoms with Crippen LogP contribution in [0.5, 0.6) is 11.5 Å². The first kappa shape index (κ1) is 11.5. The third kappa shape index (κ3) is 2.39. The van der Waals surface area contributed by atoms with E-state index in [1.165, 1.54) is 30.3 Å². The average Bonchev–Trinajstić information content (AvgIpc) is 2.29. The highest BCUT2D eigenvalue weighted by Gasteiger charge is 2.06. The van der Waals surface area contributed by atoms with E-state index in [4.69, 9.17) is 0 Å². The fourth-order valence-electron chi connectivity index (χ4n) is 1.55. The van der Waals surface area contributed by atoms with Crippen LogP contribution in [-0.4, -0.2) is 18.6 Å². The van der Waals surface area contributed by atoms with Gasteiger partial charge in [0.25, 0.3) is 0 Å². The van der Waals surface area contributed by atoms with Gasteiger partial charge in [-0.15, -0.1) is 0 Å². The van der Waals surface area contributed by atoms with Crippen molar-refractivity contribution in [1.82, 2.24) is 0 Å². The van der Waals surface area contributed by atoms with Crippen molar-refractivity contribution in [2.45, 2.75) is 4.90 Å². The molecule has 0 aliphatic heterocycles. The summed E-state index contributed by atoms with van der Waals surface area (Å²) < 4.78 is 21.7. The highest BCUT2D eigenvalue weighted by molar-refractivity contribution is 7.72. The molecule has 5 heteroatoms. The van der Waals surface area contributed by atoms with Gasteiger partial charge in [0.05, 0.1) is 4.90 Å². The Labute approximate surface area is 99.7 Å². The highest BCUT2D eigenvalue weighted by Crippen LogP contribution is 2.32. The summed E-state index contributed by atoms with van der Waals surface area (Å²) in [6.07, 6.45) is 0. The van der Waals surface area contributed by atoms with E-state index in [-0.39, 0.29) is 16.4 Å². The molecule has 4 nitrogen and oxygen atoms in total. The lowest BCUT2D eigenvalue weighted by Gasteiger charge is -2.05. The molecule has 0 aliphatic carbocycles. The predicted octanol–water partition coefficient (Wildman–Crippen LogP) is 1.74. The van der Waals surface area contributed by atoms with E-state index < -0.39 is 10.7 Å². The molecule has 0 heterocycles. The van der Waals surface area contributed by atoms with Gasteiger partial charge in [-0.1, -0.05) is 12.1 Å². The first-order chi connectivity index (χ1) is 8.08. The summed E-state index contributed by atoms with van der Waals surface area (Å²) in [5.74, 6) is -0.138. The van der Waals surface area contributed by atoms with Crippen LogP contribution in [0, 0.1) is 0 Å². The van der Waals surface area contributed by atoms with Gasteiger partial charge in [-0.25, -0.2) is 8.42 Å². The zero-order valence-electron chi connectivity index (χ0n) is 8.70. The Morgan fingerprint density at radius 1 is 0.941 bits per heavy atom. The van der Waals surface area contributed by atoms with E-state index in [0.29, 0.717) is 11.1 Å². The van der Waals surface area contributed by atoms with Gasteiger partial charge in [-0.3, -0.25) is 0 Å². The Bertz CT molecular complexity index is 624. The summed E-state index contributed by atoms with van der Waals surface area (Å²) in [5.41, 5.74) is 1.06. The number of aromatic hydroxyl groups is 2. The van der Waals surface area contributed by atoms with E-state index in [2.05, 4.69) is 0 Å². The minimum Gasteiger partial charge on any atom is -0.508 e. The minimum atomic E-state index is -2.65. The number of hydrogen-bond donors (Lipinski definition) is 3. The maximum Gasteiger partial charge on any atom is 0.168 e. The molecule has 2 rings (SSSR count). The van der Waals surface area contributed by atoms with Gasteiger partial charge in [0.1, 0.15) is 11.5 Å². The van der Waals surface area contributed by atoms with Crippen molar-refractivity contribution in [3.05, 3.63) is 42.5 Å². The van der Waals surface area contributed by atoms with E-state index >= 15 is 0 Å². The molecular weight excluding hydrogens is 240 g/mol. The van der Waals surface area contributed by atoms with Crippen molar-refractivity contribution < 1.29 is 18.6 Å². The number of phenols is 2. The summed E-state index contributed by atoms with van der Waals surface area (Å²) in [6, 6.07) is 10.4. The number of rotatable bonds is 2. The van der Waals surface area contributed by atoms with Gasteiger partial charge < -0.3 is 10.2 Å². The van der Waals surface area contributed by atoms with E-state index in [1.807, 2.05) is 0 Å². The molecule has 0 saturated heterocycles. The van der Waals surface area contributed by atoms with Crippen molar-refractivity contribution in [3.63, 3.8) is 0 Å². The van der Waals surface area contributed by atoms with E-state index in [9.17, 15) is 18.6 Å². The Kier molecular flexibility index (Phi) is 3.01. The molecule has 2 aromatic rings. The first-order valence-corrected chi connectivity index (χ1v) is 6.02. The summed E-state index contributed by atoms with van der Waals surface area (Å²) in [4.78, 5) is 0.185. The smallest absolute Gasteiger partial charge is 0.168 e. The van der Waals surface area contributed by atoms with Crippen molar-refractivity contribution in [2.75, 3.05) is 0 Å². The molecule has 0 bridgehead atoms. The van der Waals surface area contributed by atoms with Crippen LogP contribution in [0.1, 0.15) is 0 Å². The average molecular weight is 250 g/mol. The summed E-state index contributed by atoms with van der Waals surface area (Å²) in [5, 5.41) is 18.8. The second-order valence-electron chi connectivity index (χ2n) is 3.51. The molecule has 0 spiro atoms. The zero-order chi connectivity index (χ0) is 12.4. The second-order valence-corrected chi connectivity index (χ2v) is 4.54. The van der Waals surface area contributed by atoms with Crippen LogP contribution in [0.2, 0.25) is 0 Å². The van der Waals surface area contributed by atoms with Gasteiger partial charge in [-0.2, -0.15) is 0 Å². The molecule has 0 unspecified atom stereocenters. The minimum absolute atomic E-state index is 0.0442. The van der Waals surface area contributed by atoms with Crippen molar-refractivity contribution in [1.29, 1.82) is 0 Å². The third-order valence-electron chi connectivity index (χ3n) is 2.35. The standard InChI is InChI=1S/C12H10O4S/c13-9-4-5-11(12(14)7-9)8-2-1-3-10(6-8)17(15)16/h1-7,13-14,17H. The van der Waals surface area contributed by atoms with E-state index in [0.717, 1.165) is 0 Å². The van der Waals surface area contributed by atoms with E-state index in [1.54, 1.807) is 12.1 Å². The second kappa shape index (κ2) is 4.47. The van der Waals surface area contributed by atoms with Crippen molar-refractivity contribution >= 4 is 10.7 Å². The van der Waals surface area contributed by atoms with Gasteiger partial charge in [0.15, 0.2) is 10.7 Å². The van der Waals surface area contributed by atoms with Gasteiger partial charge in [-0.05, 0) is 29.8 Å². The Morgan fingerprint density at radius 2 is 1.71 bits per heavy atom. The number of phenolic OH excluding ortho intramolecular Hbond substituents is 2. The Hall–Kier alpha value is -2.01. The van der Waals surface area contributed by atoms with Crippen LogP contribution in [0.3, 0.4) is 0 Å². The molecule has 0 aromatic heterocycles. The molecule has 88 valence electrons. The van der Waals surface area contributed by atoms with Gasteiger partial charge in [0, 0.05) is 11.6 Å². The molecule has 0 radical (unpaired) electrons. The molecule has 0 atom stereocenters. The quantitative estimate of drug-likeness (QED) is 0.710. The molecule has 0 amide bonds. The molecular formula is C12H10O4S. The Morgan fingerprint density at radius 3 is 2.35 bits per heavy atom. The lowest BCUT2D eigenvalue weighted by atomic mass is 10.0. The molecule has 2 aromatic carbocycles. The van der Waals surface area contributed by atoms with Crippen LogP contribution in [0.4, 0.5) is 0 Å². The maximum atomic E-state index is 10.9. The predicted molar refractivity (Wildman–Crippen MR) is 63.8 cm³/mol. The first-order valence-electron chi connectivity index (χ1n) is 4.85. The van der Waals surface area contributed by atoms with Gasteiger partial charge >= 0.3 is 0 Å². The normalized spacial score (nSPS) is 10.6. The molecule has 0 saturated carbocycles. The topological polar surface area (TPSA) is 74.6 Å². The number of benzene rings is 2. The molecule has 0 aliphatic rings. The van der Waals surface area contributed by atoms with Crippen LogP contribution in [-0.2, 0) is 10.7 Å². The van der Waals surface area contributed by atoms with Crippen LogP contribution in [0.15, 0.2) is 47.4 Å². The molecule has 0 fully saturated rings. The number of hydrogen-bond acceptors (Lipinski definition) is 4. The summed E-state index contributed by atoms with van der Waals surface area (Å²) in [6.45, 7) is 0. The lowest BCUT2D eigenvalue weighted by molar-refractivity contribution is 0.452. The SMILES string of the molecule is O=[SH](=O)c1cccc(-c2ccc(O)cc2O)c1. The fraction of sp³-hybridized carbons (Fsp3) is 0. The maximum absolute atomic E-state index is 10.9. The number of thiol groups is 1. The third-order valence-corrected chi connectivity index (χ3v) is 3.05. The van der Waals surface area contributed by atoms with Crippen LogP contribution < -0.4 is 0 Å². The highest BCUT2D eigenvalue weighted by atomic mass is 32.2. The zero-order valence-corrected chi connectivity index (χ0v) is 9.59. The van der Waals surface area contributed by atoms with Crippen LogP contribution >= 0.6 is 0 Å². The van der Waals surface area contributed by atoms with Gasteiger partial charge in [0.2, 0.25) is 0 Å². The largest absolute Gasteiger partial charge is 0.508 e. The fourth-order valence-corrected chi connectivity index (χ4v) is 2.00.